The van der Waals surface area contributed by atoms with E-state index in [4.69, 9.17) is 4.42 Å². The Hall–Kier alpha value is -3.55. The number of aldehydes is 1. The number of likely N-dealkylation sites (N-methyl/N-ethyl adjacent to an activating group) is 1. The van der Waals surface area contributed by atoms with Crippen molar-refractivity contribution in [1.82, 2.24) is 4.31 Å². The Balaban J connectivity index is 0.000000256. The van der Waals surface area contributed by atoms with Crippen LogP contribution in [-0.2, 0) is 4.79 Å². The number of nitrogens with one attached hydrogen (secondary N) is 1. The van der Waals surface area contributed by atoms with Crippen molar-refractivity contribution in [3.05, 3.63) is 84.6 Å². The summed E-state index contributed by atoms with van der Waals surface area (Å²) in [4.78, 5) is 22.7. The second kappa shape index (κ2) is 12.2. The molecule has 0 saturated heterocycles. The molecule has 1 atom stereocenters. The van der Waals surface area contributed by atoms with E-state index in [9.17, 15) is 14.7 Å². The maximum Gasteiger partial charge on any atom is 0.322 e. The minimum absolute atomic E-state index is 0.0463. The fourth-order valence-electron chi connectivity index (χ4n) is 3.68. The largest absolute Gasteiger partial charge is 0.480 e. The third kappa shape index (κ3) is 6.97. The van der Waals surface area contributed by atoms with Crippen LogP contribution in [0.1, 0.15) is 24.4 Å². The smallest absolute Gasteiger partial charge is 0.322 e. The number of carboxylic acids is 1. The van der Waals surface area contributed by atoms with Gasteiger partial charge in [0.15, 0.2) is 12.0 Å². The lowest BCUT2D eigenvalue weighted by Crippen LogP contribution is -2.38. The second-order valence-corrected chi connectivity index (χ2v) is 9.55. The molecule has 6 nitrogen and oxygen atoms in total. The van der Waals surface area contributed by atoms with Crippen molar-refractivity contribution in [3.8, 4) is 11.1 Å². The van der Waals surface area contributed by atoms with Gasteiger partial charge >= 0.3 is 5.97 Å². The molecule has 3 aromatic carbocycles. The molecule has 0 aliphatic carbocycles. The van der Waals surface area contributed by atoms with Gasteiger partial charge in [-0.05, 0) is 72.4 Å². The molecular weight excluding hydrogens is 460 g/mol. The van der Waals surface area contributed by atoms with Crippen LogP contribution in [0.4, 0.5) is 5.69 Å². The molecule has 0 aliphatic rings. The first-order chi connectivity index (χ1) is 16.8. The van der Waals surface area contributed by atoms with Gasteiger partial charge in [0.2, 0.25) is 0 Å². The third-order valence-corrected chi connectivity index (χ3v) is 6.45. The van der Waals surface area contributed by atoms with Crippen LogP contribution in [0, 0.1) is 5.92 Å². The van der Waals surface area contributed by atoms with Crippen LogP contribution in [0.3, 0.4) is 0 Å². The number of fused-ring (bicyclic) bond motifs is 1. The van der Waals surface area contributed by atoms with E-state index in [-0.39, 0.29) is 5.92 Å². The predicted molar refractivity (Wildman–Crippen MR) is 143 cm³/mol. The molecule has 7 heteroatoms. The van der Waals surface area contributed by atoms with E-state index in [0.717, 1.165) is 32.7 Å². The number of para-hydroxylation sites is 1. The first-order valence-corrected chi connectivity index (χ1v) is 12.1. The van der Waals surface area contributed by atoms with Gasteiger partial charge in [0.1, 0.15) is 11.6 Å². The molecular formula is C28H30N2O4S. The Labute approximate surface area is 210 Å². The van der Waals surface area contributed by atoms with Crippen molar-refractivity contribution in [2.45, 2.75) is 24.8 Å². The Morgan fingerprint density at radius 2 is 1.60 bits per heavy atom. The lowest BCUT2D eigenvalue weighted by atomic mass is 10.1. The average molecular weight is 491 g/mol. The van der Waals surface area contributed by atoms with Crippen molar-refractivity contribution in [2.75, 3.05) is 19.4 Å². The SMILES string of the molecule is CNc1ccc(-c2ccc(SN(C)[C@@H](C(=O)O)C(C)C)cc2)cc1.O=Cc1cc2ccccc2o1. The van der Waals surface area contributed by atoms with Gasteiger partial charge in [0, 0.05) is 23.0 Å². The van der Waals surface area contributed by atoms with Crippen LogP contribution < -0.4 is 5.32 Å². The fourth-order valence-corrected chi connectivity index (χ4v) is 4.72. The summed E-state index contributed by atoms with van der Waals surface area (Å²) in [6.07, 6.45) is 0.708. The van der Waals surface area contributed by atoms with E-state index < -0.39 is 12.0 Å². The van der Waals surface area contributed by atoms with Gasteiger partial charge in [-0.1, -0.05) is 56.3 Å². The van der Waals surface area contributed by atoms with E-state index in [1.54, 1.807) is 6.07 Å². The molecule has 0 unspecified atom stereocenters. The number of hydrogen-bond donors (Lipinski definition) is 2. The first-order valence-electron chi connectivity index (χ1n) is 11.3. The summed E-state index contributed by atoms with van der Waals surface area (Å²) in [7, 11) is 3.73. The molecule has 4 rings (SSSR count). The number of carbonyl (C=O) groups excluding carboxylic acids is 1. The number of hydrogen-bond acceptors (Lipinski definition) is 6. The standard InChI is InChI=1S/C19H24N2O2S.C9H6O2/c1-13(2)18(19(22)23)21(4)24-17-11-7-15(8-12-17)14-5-9-16(20-3)10-6-14;10-6-8-5-7-3-1-2-4-9(7)11-8/h5-13,18,20H,1-4H3,(H,22,23);1-6H/t18-;/m1./s1. The Bertz CT molecular complexity index is 1220. The van der Waals surface area contributed by atoms with Gasteiger partial charge in [-0.15, -0.1) is 0 Å². The monoisotopic (exact) mass is 490 g/mol. The van der Waals surface area contributed by atoms with Crippen LogP contribution in [-0.4, -0.2) is 41.8 Å². The average Bonchev–Trinajstić information content (AvgIpc) is 3.28. The third-order valence-electron chi connectivity index (χ3n) is 5.45. The molecule has 2 N–H and O–H groups in total. The fraction of sp³-hybridized carbons (Fsp3) is 0.214. The van der Waals surface area contributed by atoms with Gasteiger partial charge in [0.05, 0.1) is 0 Å². The van der Waals surface area contributed by atoms with Crippen molar-refractivity contribution in [2.24, 2.45) is 5.92 Å². The van der Waals surface area contributed by atoms with Crippen LogP contribution >= 0.6 is 11.9 Å². The molecule has 4 aromatic rings. The molecule has 0 saturated carbocycles. The molecule has 1 aromatic heterocycles. The van der Waals surface area contributed by atoms with E-state index in [0.29, 0.717) is 12.0 Å². The summed E-state index contributed by atoms with van der Waals surface area (Å²) in [5, 5.41) is 13.4. The van der Waals surface area contributed by atoms with Gasteiger partial charge < -0.3 is 14.8 Å². The Kier molecular flexibility index (Phi) is 9.11. The predicted octanol–water partition coefficient (Wildman–Crippen LogP) is 6.69. The van der Waals surface area contributed by atoms with Gasteiger partial charge in [-0.3, -0.25) is 9.59 Å². The quantitative estimate of drug-likeness (QED) is 0.210. The van der Waals surface area contributed by atoms with Crippen molar-refractivity contribution < 1.29 is 19.1 Å². The number of nitrogens with zero attached hydrogens (tertiary/aromatic N) is 1. The molecule has 1 heterocycles. The highest BCUT2D eigenvalue weighted by atomic mass is 32.2. The number of benzene rings is 3. The van der Waals surface area contributed by atoms with E-state index in [1.807, 2.05) is 80.8 Å². The van der Waals surface area contributed by atoms with Crippen LogP contribution in [0.25, 0.3) is 22.1 Å². The topological polar surface area (TPSA) is 82.8 Å². The highest BCUT2D eigenvalue weighted by molar-refractivity contribution is 7.97. The number of aliphatic carboxylic acids is 1. The summed E-state index contributed by atoms with van der Waals surface area (Å²) in [6.45, 7) is 3.85. The normalized spacial score (nSPS) is 11.7. The van der Waals surface area contributed by atoms with Crippen molar-refractivity contribution in [3.63, 3.8) is 0 Å². The number of carbonyl (C=O) groups is 2. The van der Waals surface area contributed by atoms with Crippen LogP contribution in [0.5, 0.6) is 0 Å². The zero-order chi connectivity index (χ0) is 25.4. The van der Waals surface area contributed by atoms with Gasteiger partial charge in [-0.2, -0.15) is 0 Å². The number of carboxylic acid groups (broad SMARTS) is 1. The van der Waals surface area contributed by atoms with E-state index >= 15 is 0 Å². The maximum absolute atomic E-state index is 11.4. The molecule has 182 valence electrons. The lowest BCUT2D eigenvalue weighted by Gasteiger charge is -2.26. The zero-order valence-electron chi connectivity index (χ0n) is 20.3. The van der Waals surface area contributed by atoms with Crippen molar-refractivity contribution >= 4 is 40.9 Å². The number of furan rings is 1. The van der Waals surface area contributed by atoms with Crippen LogP contribution in [0.2, 0.25) is 0 Å². The van der Waals surface area contributed by atoms with Crippen molar-refractivity contribution in [1.29, 1.82) is 0 Å². The summed E-state index contributed by atoms with van der Waals surface area (Å²) >= 11 is 1.46. The summed E-state index contributed by atoms with van der Waals surface area (Å²) in [5.41, 5.74) is 4.14. The molecule has 0 aliphatic heterocycles. The highest BCUT2D eigenvalue weighted by Gasteiger charge is 2.26. The number of rotatable bonds is 8. The second-order valence-electron chi connectivity index (χ2n) is 8.32. The summed E-state index contributed by atoms with van der Waals surface area (Å²) < 4.78 is 6.96. The number of anilines is 1. The maximum atomic E-state index is 11.4. The molecule has 0 fully saturated rings. The zero-order valence-corrected chi connectivity index (χ0v) is 21.1. The lowest BCUT2D eigenvalue weighted by molar-refractivity contribution is -0.142. The Morgan fingerprint density at radius 3 is 2.11 bits per heavy atom. The van der Waals surface area contributed by atoms with Crippen LogP contribution in [0.15, 0.2) is 88.2 Å². The molecule has 0 amide bonds. The minimum atomic E-state index is -0.791. The Morgan fingerprint density at radius 1 is 1.00 bits per heavy atom. The summed E-state index contributed by atoms with van der Waals surface area (Å²) in [6, 6.07) is 25.2. The van der Waals surface area contributed by atoms with Gasteiger partial charge in [-0.25, -0.2) is 4.31 Å². The highest BCUT2D eigenvalue weighted by Crippen LogP contribution is 2.29. The molecule has 0 spiro atoms. The first kappa shape index (κ1) is 26.1. The minimum Gasteiger partial charge on any atom is -0.480 e. The van der Waals surface area contributed by atoms with E-state index in [2.05, 4.69) is 29.6 Å². The molecule has 0 radical (unpaired) electrons. The van der Waals surface area contributed by atoms with Gasteiger partial charge in [0.25, 0.3) is 0 Å². The summed E-state index contributed by atoms with van der Waals surface area (Å²) in [5.74, 6) is -0.364. The van der Waals surface area contributed by atoms with E-state index in [1.165, 1.54) is 11.9 Å². The molecule has 0 bridgehead atoms. The molecule has 35 heavy (non-hydrogen) atoms.